The Hall–Kier alpha value is -2.12. The number of β-amino-alcohol motifs (C(OH)–C–C–N with tert-alkyl or cyclic N) is 2. The number of aryl methyl sites for hydroxylation is 3. The van der Waals surface area contributed by atoms with E-state index in [9.17, 15) is 10.2 Å². The highest BCUT2D eigenvalue weighted by Gasteiger charge is 2.39. The average molecular weight is 469 g/mol. The lowest BCUT2D eigenvalue weighted by molar-refractivity contribution is -0.0743. The highest BCUT2D eigenvalue weighted by Crippen LogP contribution is 2.30. The number of rotatable bonds is 6. The van der Waals surface area contributed by atoms with Crippen LogP contribution in [0.25, 0.3) is 0 Å². The number of hydrogen-bond donors (Lipinski definition) is 2. The number of nitrogens with zero attached hydrogens (tertiary/aromatic N) is 2. The van der Waals surface area contributed by atoms with Crippen LogP contribution >= 0.6 is 0 Å². The molecule has 0 amide bonds. The Labute approximate surface area is 204 Å². The van der Waals surface area contributed by atoms with Crippen molar-refractivity contribution in [2.45, 2.75) is 51.7 Å². The largest absolute Gasteiger partial charge is 0.490 e. The van der Waals surface area contributed by atoms with Gasteiger partial charge in [-0.2, -0.15) is 0 Å². The summed E-state index contributed by atoms with van der Waals surface area (Å²) in [4.78, 5) is 4.51. The Bertz CT molecular complexity index is 986. The Kier molecular flexibility index (Phi) is 7.53. The highest BCUT2D eigenvalue weighted by molar-refractivity contribution is 5.53. The molecule has 4 rings (SSSR count). The van der Waals surface area contributed by atoms with E-state index in [4.69, 9.17) is 9.47 Å². The molecule has 2 N–H and O–H groups in total. The molecule has 0 unspecified atom stereocenters. The predicted octanol–water partition coefficient (Wildman–Crippen LogP) is 3.39. The van der Waals surface area contributed by atoms with Gasteiger partial charge < -0.3 is 24.6 Å². The van der Waals surface area contributed by atoms with E-state index in [1.807, 2.05) is 13.0 Å². The third-order valence-electron chi connectivity index (χ3n) is 7.37. The number of piperidine rings is 1. The third-order valence-corrected chi connectivity index (χ3v) is 7.37. The molecule has 2 aromatic carbocycles. The number of ether oxygens (including phenoxy) is 2. The summed E-state index contributed by atoms with van der Waals surface area (Å²) in [6, 6.07) is 12.6. The van der Waals surface area contributed by atoms with Gasteiger partial charge >= 0.3 is 0 Å². The summed E-state index contributed by atoms with van der Waals surface area (Å²) >= 11 is 0. The van der Waals surface area contributed by atoms with E-state index < -0.39 is 11.2 Å². The minimum atomic E-state index is -1.13. The second-order valence-electron chi connectivity index (χ2n) is 10.5. The van der Waals surface area contributed by atoms with E-state index >= 15 is 0 Å². The molecule has 0 aromatic heterocycles. The van der Waals surface area contributed by atoms with E-state index in [0.29, 0.717) is 39.1 Å². The number of benzene rings is 2. The standard InChI is InChI=1S/C28H40N2O4/c1-21-15-23(3)24(4)26(16-21)34-20-28(32)18-29(13-14-33-19-28)17-27(31)9-11-30(12-10-27)25-8-6-5-7-22(25)2/h5-8,15-16,31-32H,9-14,17-20H2,1-4H3/t28-/m1/s1. The topological polar surface area (TPSA) is 65.4 Å². The van der Waals surface area contributed by atoms with Crippen molar-refractivity contribution in [2.24, 2.45) is 0 Å². The minimum Gasteiger partial charge on any atom is -0.490 e. The summed E-state index contributed by atoms with van der Waals surface area (Å²) in [5.41, 5.74) is 4.04. The SMILES string of the molecule is Cc1cc(C)c(C)c(OC[C@]2(O)COCCN(CC3(O)CCN(c4ccccc4C)CC3)C2)c1. The molecule has 2 heterocycles. The van der Waals surface area contributed by atoms with Crippen molar-refractivity contribution in [1.82, 2.24) is 4.90 Å². The first-order valence-electron chi connectivity index (χ1n) is 12.4. The molecule has 2 aliphatic heterocycles. The molecule has 0 spiro atoms. The van der Waals surface area contributed by atoms with Crippen LogP contribution in [0.5, 0.6) is 5.75 Å². The zero-order chi connectivity index (χ0) is 24.3. The van der Waals surface area contributed by atoms with Crippen LogP contribution in [0, 0.1) is 27.7 Å². The van der Waals surface area contributed by atoms with Crippen molar-refractivity contribution < 1.29 is 19.7 Å². The molecule has 1 atom stereocenters. The van der Waals surface area contributed by atoms with Crippen molar-refractivity contribution in [2.75, 3.05) is 57.4 Å². The molecule has 186 valence electrons. The summed E-state index contributed by atoms with van der Waals surface area (Å²) in [5, 5.41) is 22.8. The number of para-hydroxylation sites is 1. The fourth-order valence-corrected chi connectivity index (χ4v) is 5.24. The zero-order valence-electron chi connectivity index (χ0n) is 21.1. The number of aliphatic hydroxyl groups is 2. The van der Waals surface area contributed by atoms with Crippen LogP contribution in [0.2, 0.25) is 0 Å². The van der Waals surface area contributed by atoms with Gasteiger partial charge in [-0.3, -0.25) is 4.90 Å². The zero-order valence-corrected chi connectivity index (χ0v) is 21.1. The number of hydrogen-bond acceptors (Lipinski definition) is 6. The van der Waals surface area contributed by atoms with Crippen LogP contribution in [0.15, 0.2) is 36.4 Å². The van der Waals surface area contributed by atoms with Gasteiger partial charge in [-0.25, -0.2) is 0 Å². The Morgan fingerprint density at radius 2 is 1.68 bits per heavy atom. The van der Waals surface area contributed by atoms with Crippen LogP contribution in [-0.2, 0) is 4.74 Å². The molecule has 2 aliphatic rings. The van der Waals surface area contributed by atoms with Gasteiger partial charge in [0.2, 0.25) is 0 Å². The number of anilines is 1. The van der Waals surface area contributed by atoms with Gasteiger partial charge in [0.25, 0.3) is 0 Å². The maximum Gasteiger partial charge on any atom is 0.134 e. The van der Waals surface area contributed by atoms with E-state index in [2.05, 4.69) is 60.9 Å². The fourth-order valence-electron chi connectivity index (χ4n) is 5.24. The first kappa shape index (κ1) is 25.0. The summed E-state index contributed by atoms with van der Waals surface area (Å²) in [5.74, 6) is 0.809. The molecule has 0 aliphatic carbocycles. The summed E-state index contributed by atoms with van der Waals surface area (Å²) in [7, 11) is 0. The Balaban J connectivity index is 1.37. The molecular weight excluding hydrogens is 428 g/mol. The van der Waals surface area contributed by atoms with Crippen molar-refractivity contribution >= 4 is 5.69 Å². The van der Waals surface area contributed by atoms with Crippen molar-refractivity contribution in [3.63, 3.8) is 0 Å². The summed E-state index contributed by atoms with van der Waals surface area (Å²) in [6.07, 6.45) is 1.41. The molecular formula is C28H40N2O4. The molecule has 2 aromatic rings. The van der Waals surface area contributed by atoms with Crippen LogP contribution in [0.3, 0.4) is 0 Å². The lowest BCUT2D eigenvalue weighted by atomic mass is 9.89. The third kappa shape index (κ3) is 5.92. The predicted molar refractivity (Wildman–Crippen MR) is 136 cm³/mol. The molecule has 0 saturated carbocycles. The van der Waals surface area contributed by atoms with Crippen LogP contribution in [-0.4, -0.2) is 78.9 Å². The maximum absolute atomic E-state index is 11.4. The van der Waals surface area contributed by atoms with Gasteiger partial charge in [0.15, 0.2) is 0 Å². The molecule has 6 heteroatoms. The molecule has 34 heavy (non-hydrogen) atoms. The second-order valence-corrected chi connectivity index (χ2v) is 10.5. The molecule has 0 bridgehead atoms. The van der Waals surface area contributed by atoms with Gasteiger partial charge in [0.05, 0.1) is 18.8 Å². The van der Waals surface area contributed by atoms with Crippen LogP contribution in [0.4, 0.5) is 5.69 Å². The Morgan fingerprint density at radius 3 is 2.41 bits per heavy atom. The van der Waals surface area contributed by atoms with Gasteiger partial charge in [-0.1, -0.05) is 24.3 Å². The van der Waals surface area contributed by atoms with Crippen LogP contribution in [0.1, 0.15) is 35.1 Å². The van der Waals surface area contributed by atoms with Gasteiger partial charge in [0, 0.05) is 38.4 Å². The normalized spacial score (nSPS) is 23.5. The highest BCUT2D eigenvalue weighted by atomic mass is 16.5. The van der Waals surface area contributed by atoms with Crippen molar-refractivity contribution in [1.29, 1.82) is 0 Å². The van der Waals surface area contributed by atoms with Gasteiger partial charge in [-0.05, 0) is 74.9 Å². The minimum absolute atomic E-state index is 0.159. The summed E-state index contributed by atoms with van der Waals surface area (Å²) in [6.45, 7) is 12.5. The van der Waals surface area contributed by atoms with E-state index in [-0.39, 0.29) is 13.2 Å². The van der Waals surface area contributed by atoms with E-state index in [1.165, 1.54) is 16.8 Å². The first-order valence-corrected chi connectivity index (χ1v) is 12.4. The quantitative estimate of drug-likeness (QED) is 0.678. The molecule has 0 radical (unpaired) electrons. The summed E-state index contributed by atoms with van der Waals surface area (Å²) < 4.78 is 11.9. The van der Waals surface area contributed by atoms with E-state index in [0.717, 1.165) is 30.0 Å². The monoisotopic (exact) mass is 468 g/mol. The van der Waals surface area contributed by atoms with Crippen molar-refractivity contribution in [3.8, 4) is 5.75 Å². The fraction of sp³-hybridized carbons (Fsp3) is 0.571. The smallest absolute Gasteiger partial charge is 0.134 e. The maximum atomic E-state index is 11.4. The lowest BCUT2D eigenvalue weighted by Crippen LogP contribution is -2.55. The molecule has 2 fully saturated rings. The van der Waals surface area contributed by atoms with Gasteiger partial charge in [-0.15, -0.1) is 0 Å². The second kappa shape index (κ2) is 10.2. The Morgan fingerprint density at radius 1 is 0.941 bits per heavy atom. The van der Waals surface area contributed by atoms with Crippen molar-refractivity contribution in [3.05, 3.63) is 58.7 Å². The molecule has 2 saturated heterocycles. The first-order chi connectivity index (χ1) is 16.2. The van der Waals surface area contributed by atoms with E-state index in [1.54, 1.807) is 0 Å². The van der Waals surface area contributed by atoms with Crippen LogP contribution < -0.4 is 9.64 Å². The lowest BCUT2D eigenvalue weighted by Gasteiger charge is -2.42. The molecule has 6 nitrogen and oxygen atoms in total. The average Bonchev–Trinajstić information content (AvgIpc) is 2.97. The van der Waals surface area contributed by atoms with Gasteiger partial charge in [0.1, 0.15) is 18.0 Å².